The van der Waals surface area contributed by atoms with Gasteiger partial charge in [0, 0.05) is 0 Å². The van der Waals surface area contributed by atoms with Gasteiger partial charge in [0.25, 0.3) is 0 Å². The molecular formula is C18H34N6O6. The van der Waals surface area contributed by atoms with Gasteiger partial charge in [-0.2, -0.15) is 0 Å². The molecule has 4 amide bonds. The number of amides is 4. The Morgan fingerprint density at radius 2 is 1.53 bits per heavy atom. The third kappa shape index (κ3) is 12.0. The van der Waals surface area contributed by atoms with Crippen LogP contribution in [0.15, 0.2) is 0 Å². The van der Waals surface area contributed by atoms with Crippen molar-refractivity contribution in [1.29, 1.82) is 0 Å². The van der Waals surface area contributed by atoms with Crippen LogP contribution in [0.2, 0.25) is 0 Å². The van der Waals surface area contributed by atoms with Gasteiger partial charge in [0.2, 0.25) is 23.6 Å². The number of carboxylic acids is 1. The van der Waals surface area contributed by atoms with E-state index in [1.54, 1.807) is 0 Å². The number of nitrogens with one attached hydrogen (secondary N) is 3. The summed E-state index contributed by atoms with van der Waals surface area (Å²) in [6.07, 6.45) is 1.51. The molecule has 0 fully saturated rings. The maximum absolute atomic E-state index is 12.7. The normalized spacial score (nSPS) is 13.8. The summed E-state index contributed by atoms with van der Waals surface area (Å²) in [5, 5.41) is 15.7. The number of nitrogens with two attached hydrogens (primary N) is 3. The smallest absolute Gasteiger partial charge is 0.322 e. The Bertz CT molecular complexity index is 612. The zero-order chi connectivity index (χ0) is 23.3. The molecule has 3 unspecified atom stereocenters. The first-order valence-corrected chi connectivity index (χ1v) is 9.82. The van der Waals surface area contributed by atoms with Crippen LogP contribution in [0.5, 0.6) is 0 Å². The number of unbranched alkanes of at least 4 members (excludes halogenated alkanes) is 1. The Hall–Kier alpha value is -2.73. The van der Waals surface area contributed by atoms with Crippen molar-refractivity contribution in [1.82, 2.24) is 16.0 Å². The van der Waals surface area contributed by atoms with Crippen molar-refractivity contribution < 1.29 is 29.1 Å². The lowest BCUT2D eigenvalue weighted by molar-refractivity contribution is -0.138. The van der Waals surface area contributed by atoms with Crippen molar-refractivity contribution in [2.75, 3.05) is 13.1 Å². The predicted octanol–water partition coefficient (Wildman–Crippen LogP) is -2.47. The van der Waals surface area contributed by atoms with Gasteiger partial charge in [-0.15, -0.1) is 0 Å². The number of primary amides is 1. The number of hydrogen-bond donors (Lipinski definition) is 7. The molecule has 0 spiro atoms. The fourth-order valence-electron chi connectivity index (χ4n) is 2.59. The molecule has 12 heteroatoms. The molecule has 10 N–H and O–H groups in total. The van der Waals surface area contributed by atoms with Gasteiger partial charge < -0.3 is 38.3 Å². The van der Waals surface area contributed by atoms with E-state index >= 15 is 0 Å². The summed E-state index contributed by atoms with van der Waals surface area (Å²) in [6, 6.07) is -3.20. The number of hydrogen-bond acceptors (Lipinski definition) is 7. The Morgan fingerprint density at radius 3 is 2.03 bits per heavy atom. The van der Waals surface area contributed by atoms with Gasteiger partial charge in [-0.05, 0) is 31.7 Å². The molecule has 0 saturated carbocycles. The van der Waals surface area contributed by atoms with Crippen molar-refractivity contribution in [2.24, 2.45) is 23.1 Å². The zero-order valence-corrected chi connectivity index (χ0v) is 17.5. The van der Waals surface area contributed by atoms with Gasteiger partial charge >= 0.3 is 5.97 Å². The highest BCUT2D eigenvalue weighted by Crippen LogP contribution is 2.07. The molecule has 0 radical (unpaired) electrons. The van der Waals surface area contributed by atoms with Crippen molar-refractivity contribution in [3.05, 3.63) is 0 Å². The van der Waals surface area contributed by atoms with Crippen LogP contribution in [0, 0.1) is 5.92 Å². The summed E-state index contributed by atoms with van der Waals surface area (Å²) in [5.74, 6) is -4.24. The molecule has 12 nitrogen and oxygen atoms in total. The molecule has 0 aliphatic heterocycles. The quantitative estimate of drug-likeness (QED) is 0.138. The highest BCUT2D eigenvalue weighted by Gasteiger charge is 2.29. The monoisotopic (exact) mass is 430 g/mol. The number of aliphatic carboxylic acids is 1. The van der Waals surface area contributed by atoms with Crippen LogP contribution in [0.25, 0.3) is 0 Å². The van der Waals surface area contributed by atoms with E-state index in [0.29, 0.717) is 19.4 Å². The van der Waals surface area contributed by atoms with Gasteiger partial charge in [-0.1, -0.05) is 20.3 Å². The summed E-state index contributed by atoms with van der Waals surface area (Å²) in [6.45, 7) is 3.48. The minimum absolute atomic E-state index is 0.0185. The standard InChI is InChI=1S/C18H34N6O6/c1-10(2)7-12(23-16(28)11(20)5-3-4-6-19)18(30)24-13(8-14(21)25)17(29)22-9-15(26)27/h10-13H,3-9,19-20H2,1-2H3,(H2,21,25)(H,22,29)(H,23,28)(H,24,30)(H,26,27). The lowest BCUT2D eigenvalue weighted by Crippen LogP contribution is -2.57. The number of rotatable bonds is 15. The highest BCUT2D eigenvalue weighted by molar-refractivity contribution is 5.95. The fourth-order valence-corrected chi connectivity index (χ4v) is 2.59. The van der Waals surface area contributed by atoms with E-state index < -0.39 is 60.7 Å². The summed E-state index contributed by atoms with van der Waals surface area (Å²) in [5.41, 5.74) is 16.4. The van der Waals surface area contributed by atoms with Crippen LogP contribution in [0.1, 0.15) is 46.0 Å². The first-order valence-electron chi connectivity index (χ1n) is 9.82. The molecule has 0 rings (SSSR count). The lowest BCUT2D eigenvalue weighted by atomic mass is 10.0. The molecule has 0 aromatic rings. The van der Waals surface area contributed by atoms with Crippen LogP contribution in [-0.4, -0.2) is 65.9 Å². The molecule has 0 heterocycles. The van der Waals surface area contributed by atoms with E-state index in [1.807, 2.05) is 13.8 Å². The van der Waals surface area contributed by atoms with Crippen LogP contribution in [0.4, 0.5) is 0 Å². The van der Waals surface area contributed by atoms with E-state index in [9.17, 15) is 24.0 Å². The van der Waals surface area contributed by atoms with E-state index in [4.69, 9.17) is 22.3 Å². The van der Waals surface area contributed by atoms with Crippen LogP contribution in [0.3, 0.4) is 0 Å². The largest absolute Gasteiger partial charge is 0.480 e. The van der Waals surface area contributed by atoms with Gasteiger partial charge in [0.1, 0.15) is 18.6 Å². The molecule has 172 valence electrons. The first-order chi connectivity index (χ1) is 14.0. The van der Waals surface area contributed by atoms with Gasteiger partial charge in [-0.25, -0.2) is 0 Å². The maximum Gasteiger partial charge on any atom is 0.322 e. The molecule has 0 aliphatic carbocycles. The minimum atomic E-state index is -1.38. The van der Waals surface area contributed by atoms with Gasteiger partial charge in [0.05, 0.1) is 12.5 Å². The van der Waals surface area contributed by atoms with E-state index in [0.717, 1.165) is 6.42 Å². The lowest BCUT2D eigenvalue weighted by Gasteiger charge is -2.24. The Kier molecular flexibility index (Phi) is 13.0. The zero-order valence-electron chi connectivity index (χ0n) is 17.5. The van der Waals surface area contributed by atoms with Crippen LogP contribution >= 0.6 is 0 Å². The van der Waals surface area contributed by atoms with Gasteiger partial charge in [0.15, 0.2) is 0 Å². The second kappa shape index (κ2) is 14.3. The van der Waals surface area contributed by atoms with Crippen LogP contribution in [-0.2, 0) is 24.0 Å². The van der Waals surface area contributed by atoms with Crippen molar-refractivity contribution in [2.45, 2.75) is 64.1 Å². The average molecular weight is 431 g/mol. The topological polar surface area (TPSA) is 220 Å². The molecule has 3 atom stereocenters. The maximum atomic E-state index is 12.7. The molecular weight excluding hydrogens is 396 g/mol. The van der Waals surface area contributed by atoms with Gasteiger partial charge in [-0.3, -0.25) is 24.0 Å². The van der Waals surface area contributed by atoms with Crippen LogP contribution < -0.4 is 33.2 Å². The second-order valence-corrected chi connectivity index (χ2v) is 7.42. The number of carbonyl (C=O) groups is 5. The first kappa shape index (κ1) is 27.3. The second-order valence-electron chi connectivity index (χ2n) is 7.42. The van der Waals surface area contributed by atoms with E-state index in [2.05, 4.69) is 16.0 Å². The molecule has 0 aromatic heterocycles. The summed E-state index contributed by atoms with van der Waals surface area (Å²) in [7, 11) is 0. The summed E-state index contributed by atoms with van der Waals surface area (Å²) >= 11 is 0. The Labute approximate surface area is 175 Å². The minimum Gasteiger partial charge on any atom is -0.480 e. The third-order valence-electron chi connectivity index (χ3n) is 4.10. The van der Waals surface area contributed by atoms with Crippen molar-refractivity contribution >= 4 is 29.6 Å². The Morgan fingerprint density at radius 1 is 0.933 bits per heavy atom. The SMILES string of the molecule is CC(C)CC(NC(=O)C(N)CCCCN)C(=O)NC(CC(N)=O)C(=O)NCC(=O)O. The fraction of sp³-hybridized carbons (Fsp3) is 0.722. The van der Waals surface area contributed by atoms with Crippen molar-refractivity contribution in [3.63, 3.8) is 0 Å². The highest BCUT2D eigenvalue weighted by atomic mass is 16.4. The molecule has 0 aromatic carbocycles. The average Bonchev–Trinajstić information content (AvgIpc) is 2.64. The summed E-state index contributed by atoms with van der Waals surface area (Å²) < 4.78 is 0. The van der Waals surface area contributed by atoms with E-state index in [1.165, 1.54) is 0 Å². The predicted molar refractivity (Wildman–Crippen MR) is 109 cm³/mol. The molecule has 30 heavy (non-hydrogen) atoms. The number of carboxylic acid groups (broad SMARTS) is 1. The van der Waals surface area contributed by atoms with E-state index in [-0.39, 0.29) is 12.3 Å². The Balaban J connectivity index is 5.17. The van der Waals surface area contributed by atoms with Crippen molar-refractivity contribution in [3.8, 4) is 0 Å². The third-order valence-corrected chi connectivity index (χ3v) is 4.10. The molecule has 0 aliphatic rings. The molecule has 0 bridgehead atoms. The molecule has 0 saturated heterocycles. The summed E-state index contributed by atoms with van der Waals surface area (Å²) in [4.78, 5) is 59.0. The number of carbonyl (C=O) groups excluding carboxylic acids is 4.